The van der Waals surface area contributed by atoms with Gasteiger partial charge in [-0.05, 0) is 107 Å². The van der Waals surface area contributed by atoms with Crippen molar-refractivity contribution in [1.82, 2.24) is 14.1 Å². The van der Waals surface area contributed by atoms with Gasteiger partial charge in [-0.3, -0.25) is 0 Å². The van der Waals surface area contributed by atoms with Crippen LogP contribution in [0.3, 0.4) is 0 Å². The van der Waals surface area contributed by atoms with Gasteiger partial charge >= 0.3 is 0 Å². The molecule has 13 aromatic rings. The highest BCUT2D eigenvalue weighted by Gasteiger charge is 2.13. The average molecular weight is 988 g/mol. The third-order valence-electron chi connectivity index (χ3n) is 10.5. The van der Waals surface area contributed by atoms with Gasteiger partial charge in [-0.15, -0.1) is 0 Å². The van der Waals surface area contributed by atoms with Crippen molar-refractivity contribution in [2.45, 2.75) is 0 Å². The minimum Gasteiger partial charge on any atom is -0.355 e. The minimum atomic E-state index is -0.528. The highest BCUT2D eigenvalue weighted by Crippen LogP contribution is 2.35. The normalized spacial score (nSPS) is 16.4. The van der Waals surface area contributed by atoms with Crippen LogP contribution >= 0.6 is 31.9 Å². The van der Waals surface area contributed by atoms with Gasteiger partial charge in [0.15, 0.2) is 0 Å². The standard InChI is InChI=1S/C36H24N2.C12H8Br2.C12H9N/c1-5-13-33-29(9-1)30-10-2-6-14-34(30)37(33)27-21-17-25(18-22-27)26-19-23-28(24-20-26)38-35-15-7-3-11-31(35)32-12-4-8-16-36(32)38;13-11-5-1-9(2-6-11)10-3-7-12(14)8-4-10;1-3-7-11-9(5-1)10-6-2-4-8-12(10)13-11/h1-24H;1-8H;1-8,13H/i1D,2D,3D,4D,5D,6D,7D,8D,9D,10D,11D,12D,13D,14D,15D,16D;;1D,2D,3D,4D,5D,6D,7D,8D. The Morgan fingerprint density at radius 3 is 0.846 bits per heavy atom. The van der Waals surface area contributed by atoms with Crippen LogP contribution < -0.4 is 0 Å². The third-order valence-corrected chi connectivity index (χ3v) is 11.6. The summed E-state index contributed by atoms with van der Waals surface area (Å²) in [7, 11) is 0. The molecular formula is C60H41Br2N3. The van der Waals surface area contributed by atoms with E-state index in [0.29, 0.717) is 22.5 Å². The quantitative estimate of drug-likeness (QED) is 0.182. The third kappa shape index (κ3) is 7.84. The van der Waals surface area contributed by atoms with E-state index in [1.54, 1.807) is 48.5 Å². The first kappa shape index (κ1) is 22.0. The zero-order valence-corrected chi connectivity index (χ0v) is 36.6. The lowest BCUT2D eigenvalue weighted by Crippen LogP contribution is -1.94. The van der Waals surface area contributed by atoms with Gasteiger partial charge in [-0.1, -0.05) is 189 Å². The van der Waals surface area contributed by atoms with Gasteiger partial charge in [0.05, 0.1) is 55.0 Å². The molecule has 5 heteroatoms. The number of H-pyrrole nitrogens is 1. The summed E-state index contributed by atoms with van der Waals surface area (Å²) in [5, 5.41) is 0.0702. The van der Waals surface area contributed by atoms with E-state index in [-0.39, 0.29) is 89.6 Å². The number of hydrogen-bond acceptors (Lipinski definition) is 0. The van der Waals surface area contributed by atoms with Crippen LogP contribution in [0.5, 0.6) is 0 Å². The molecule has 0 bridgehead atoms. The Hall–Kier alpha value is -7.44. The molecule has 65 heavy (non-hydrogen) atoms. The molecule has 0 atom stereocenters. The Morgan fingerprint density at radius 2 is 0.538 bits per heavy atom. The lowest BCUT2D eigenvalue weighted by Gasteiger charge is -2.11. The van der Waals surface area contributed by atoms with Crippen LogP contribution in [-0.4, -0.2) is 14.1 Å². The molecule has 0 saturated heterocycles. The zero-order chi connectivity index (χ0) is 64.6. The maximum atomic E-state index is 8.73. The lowest BCUT2D eigenvalue weighted by atomic mass is 10.0. The second-order valence-corrected chi connectivity index (χ2v) is 16.1. The van der Waals surface area contributed by atoms with E-state index < -0.39 is 121 Å². The molecule has 3 nitrogen and oxygen atoms in total. The van der Waals surface area contributed by atoms with Gasteiger partial charge in [0.1, 0.15) is 0 Å². The highest BCUT2D eigenvalue weighted by atomic mass is 79.9. The van der Waals surface area contributed by atoms with E-state index >= 15 is 0 Å². The number of halogens is 2. The van der Waals surface area contributed by atoms with E-state index in [1.807, 2.05) is 0 Å². The Balaban J connectivity index is 0.000000188. The number of aromatic nitrogens is 3. The predicted octanol–water partition coefficient (Wildman–Crippen LogP) is 17.7. The van der Waals surface area contributed by atoms with Gasteiger partial charge in [-0.2, -0.15) is 0 Å². The SMILES string of the molecule is Brc1ccc(-c2ccc(Br)cc2)cc1.[2H]c1c([2H])c([2H])c2c([nH]c3c([2H])c([2H])c([2H])c([2H])c32)c1[2H].[2H]c1c([2H])c([2H])c2c(c1[2H])c1c([2H])c([2H])c([2H])c([2H])c1n2-c1ccc(-c2ccc(-n3c4c([2H])c([2H])c([2H])c([2H])c4c4c([2H])c([2H])c([2H])c([2H])c43)cc2)cc1. The van der Waals surface area contributed by atoms with Crippen molar-refractivity contribution in [2.75, 3.05) is 0 Å². The first-order chi connectivity index (χ1) is 42.0. The molecule has 0 aliphatic rings. The molecule has 310 valence electrons. The van der Waals surface area contributed by atoms with E-state index in [1.165, 1.54) is 20.3 Å². The molecule has 3 aromatic heterocycles. The minimum absolute atomic E-state index is 0.00206. The smallest absolute Gasteiger partial charge is 0.0645 e. The molecule has 0 aliphatic carbocycles. The fourth-order valence-corrected chi connectivity index (χ4v) is 8.09. The summed E-state index contributed by atoms with van der Waals surface area (Å²) in [6, 6.07) is 19.8. The number of benzene rings is 10. The second-order valence-electron chi connectivity index (χ2n) is 14.3. The fraction of sp³-hybridized carbons (Fsp3) is 0. The van der Waals surface area contributed by atoms with E-state index in [0.717, 1.165) is 8.95 Å². The summed E-state index contributed by atoms with van der Waals surface area (Å²) >= 11 is 6.84. The van der Waals surface area contributed by atoms with Crippen LogP contribution in [0.4, 0.5) is 0 Å². The summed E-state index contributed by atoms with van der Waals surface area (Å²) in [6.45, 7) is 0. The lowest BCUT2D eigenvalue weighted by molar-refractivity contribution is 1.18. The molecule has 10 aromatic carbocycles. The highest BCUT2D eigenvalue weighted by molar-refractivity contribution is 9.10. The van der Waals surface area contributed by atoms with Crippen molar-refractivity contribution in [3.63, 3.8) is 0 Å². The van der Waals surface area contributed by atoms with Gasteiger partial charge in [0, 0.05) is 63.7 Å². The number of aromatic amines is 1. The monoisotopic (exact) mass is 985 g/mol. The summed E-state index contributed by atoms with van der Waals surface area (Å²) in [6.07, 6.45) is 0. The molecule has 0 radical (unpaired) electrons. The number of nitrogens with zero attached hydrogens (tertiary/aromatic N) is 2. The van der Waals surface area contributed by atoms with E-state index in [4.69, 9.17) is 32.9 Å². The van der Waals surface area contributed by atoms with Crippen molar-refractivity contribution < 1.29 is 32.9 Å². The average Bonchev–Trinajstić information content (AvgIpc) is 1.58. The van der Waals surface area contributed by atoms with Crippen molar-refractivity contribution in [3.8, 4) is 33.6 Å². The van der Waals surface area contributed by atoms with Crippen LogP contribution in [-0.2, 0) is 0 Å². The molecule has 0 unspecified atom stereocenters. The van der Waals surface area contributed by atoms with Crippen LogP contribution in [0.1, 0.15) is 32.9 Å². The first-order valence-corrected chi connectivity index (χ1v) is 21.3. The van der Waals surface area contributed by atoms with E-state index in [2.05, 4.69) is 85.4 Å². The van der Waals surface area contributed by atoms with Gasteiger partial charge in [0.2, 0.25) is 0 Å². The van der Waals surface area contributed by atoms with Crippen LogP contribution in [0.25, 0.3) is 99.0 Å². The second kappa shape index (κ2) is 17.6. The number of rotatable bonds is 4. The Morgan fingerprint density at radius 1 is 0.292 bits per heavy atom. The molecule has 0 saturated carbocycles. The zero-order valence-electron chi connectivity index (χ0n) is 57.4. The number of para-hydroxylation sites is 6. The molecule has 13 rings (SSSR count). The number of nitrogens with one attached hydrogen (secondary N) is 1. The summed E-state index contributed by atoms with van der Waals surface area (Å²) in [5.74, 6) is 0. The van der Waals surface area contributed by atoms with Crippen molar-refractivity contribution in [3.05, 3.63) is 251 Å². The van der Waals surface area contributed by atoms with Crippen molar-refractivity contribution in [2.24, 2.45) is 0 Å². The maximum Gasteiger partial charge on any atom is 0.0645 e. The van der Waals surface area contributed by atoms with Crippen LogP contribution in [0.15, 0.2) is 251 Å². The Labute approximate surface area is 427 Å². The predicted molar refractivity (Wildman–Crippen MR) is 284 cm³/mol. The molecule has 0 fully saturated rings. The topological polar surface area (TPSA) is 25.6 Å². The first-order valence-electron chi connectivity index (χ1n) is 31.8. The Kier molecular flexibility index (Phi) is 5.95. The summed E-state index contributed by atoms with van der Waals surface area (Å²) in [5.41, 5.74) is 4.76. The maximum absolute atomic E-state index is 8.73. The van der Waals surface area contributed by atoms with Crippen LogP contribution in [0.2, 0.25) is 0 Å². The van der Waals surface area contributed by atoms with Gasteiger partial charge < -0.3 is 14.1 Å². The number of hydrogen-bond donors (Lipinski definition) is 1. The van der Waals surface area contributed by atoms with E-state index in [9.17, 15) is 0 Å². The molecule has 0 aliphatic heterocycles. The summed E-state index contributed by atoms with van der Waals surface area (Å²) < 4.78 is 203. The molecule has 3 heterocycles. The fourth-order valence-electron chi connectivity index (χ4n) is 7.56. The Bertz CT molecular complexity index is 4710. The van der Waals surface area contributed by atoms with Gasteiger partial charge in [-0.25, -0.2) is 0 Å². The number of fused-ring (bicyclic) bond motifs is 9. The van der Waals surface area contributed by atoms with Gasteiger partial charge in [0.25, 0.3) is 0 Å². The van der Waals surface area contributed by atoms with Crippen molar-refractivity contribution in [1.29, 1.82) is 0 Å². The largest absolute Gasteiger partial charge is 0.355 e. The molecular weight excluding hydrogens is 922 g/mol. The molecule has 0 spiro atoms. The molecule has 1 N–H and O–H groups in total. The van der Waals surface area contributed by atoms with Crippen molar-refractivity contribution >= 4 is 97.3 Å². The molecule has 0 amide bonds. The van der Waals surface area contributed by atoms with Crippen LogP contribution in [0, 0.1) is 0 Å². The summed E-state index contributed by atoms with van der Waals surface area (Å²) in [4.78, 5) is 2.71.